The SMILES string of the molecule is CC/C(C)=C\C=C(/C)S(c1ccccc1)(c1ccccc1)c1ccccc1. The predicted molar refractivity (Wildman–Crippen MR) is 120 cm³/mol. The Balaban J connectivity index is 2.36. The molecule has 0 amide bonds. The smallest absolute Gasteiger partial charge is 0.00199 e. The van der Waals surface area contributed by atoms with Crippen molar-refractivity contribution in [3.05, 3.63) is 114 Å². The summed E-state index contributed by atoms with van der Waals surface area (Å²) >= 11 is 0. The second-order valence-corrected chi connectivity index (χ2v) is 9.98. The van der Waals surface area contributed by atoms with Crippen molar-refractivity contribution in [2.75, 3.05) is 0 Å². The monoisotopic (exact) mass is 372 g/mol. The molecular formula is C26H28S. The molecule has 0 saturated heterocycles. The summed E-state index contributed by atoms with van der Waals surface area (Å²) in [5.41, 5.74) is 1.40. The molecule has 0 unspecified atom stereocenters. The van der Waals surface area contributed by atoms with Crippen molar-refractivity contribution >= 4 is 10.0 Å². The van der Waals surface area contributed by atoms with Gasteiger partial charge in [-0.25, -0.2) is 0 Å². The molecule has 3 aromatic carbocycles. The van der Waals surface area contributed by atoms with E-state index >= 15 is 0 Å². The molecular weight excluding hydrogens is 344 g/mol. The van der Waals surface area contributed by atoms with Crippen LogP contribution in [0.15, 0.2) is 128 Å². The van der Waals surface area contributed by atoms with E-state index in [1.165, 1.54) is 25.2 Å². The highest BCUT2D eigenvalue weighted by Crippen LogP contribution is 2.73. The summed E-state index contributed by atoms with van der Waals surface area (Å²) < 4.78 is 0. The van der Waals surface area contributed by atoms with Gasteiger partial charge in [-0.2, -0.15) is 0 Å². The van der Waals surface area contributed by atoms with Crippen LogP contribution in [-0.2, 0) is 0 Å². The Morgan fingerprint density at radius 2 is 1.00 bits per heavy atom. The topological polar surface area (TPSA) is 0 Å². The molecule has 3 aromatic rings. The van der Waals surface area contributed by atoms with E-state index in [-0.39, 0.29) is 0 Å². The molecule has 27 heavy (non-hydrogen) atoms. The van der Waals surface area contributed by atoms with E-state index in [1.54, 1.807) is 0 Å². The molecule has 0 bridgehead atoms. The van der Waals surface area contributed by atoms with E-state index in [4.69, 9.17) is 0 Å². The number of rotatable bonds is 6. The third kappa shape index (κ3) is 3.94. The van der Waals surface area contributed by atoms with Crippen LogP contribution in [0.25, 0.3) is 0 Å². The molecule has 0 radical (unpaired) electrons. The van der Waals surface area contributed by atoms with Gasteiger partial charge in [-0.15, -0.1) is 10.0 Å². The minimum absolute atomic E-state index is 1.08. The minimum Gasteiger partial charge on any atom is -0.137 e. The Morgan fingerprint density at radius 3 is 1.33 bits per heavy atom. The van der Waals surface area contributed by atoms with Crippen molar-refractivity contribution in [3.8, 4) is 0 Å². The molecule has 0 nitrogen and oxygen atoms in total. The summed E-state index contributed by atoms with van der Waals surface area (Å²) in [5, 5.41) is 0. The first kappa shape index (κ1) is 19.3. The summed E-state index contributed by atoms with van der Waals surface area (Å²) in [4.78, 5) is 5.52. The van der Waals surface area contributed by atoms with Gasteiger partial charge in [0.15, 0.2) is 0 Å². The average molecular weight is 373 g/mol. The van der Waals surface area contributed by atoms with Gasteiger partial charge < -0.3 is 0 Å². The molecule has 138 valence electrons. The van der Waals surface area contributed by atoms with E-state index in [1.807, 2.05) is 0 Å². The molecule has 0 heterocycles. The van der Waals surface area contributed by atoms with Crippen LogP contribution < -0.4 is 0 Å². The van der Waals surface area contributed by atoms with Crippen LogP contribution in [0.3, 0.4) is 0 Å². The second kappa shape index (κ2) is 8.92. The van der Waals surface area contributed by atoms with Gasteiger partial charge in [0.05, 0.1) is 0 Å². The molecule has 0 spiro atoms. The van der Waals surface area contributed by atoms with Crippen LogP contribution in [0.5, 0.6) is 0 Å². The summed E-state index contributed by atoms with van der Waals surface area (Å²) in [5.74, 6) is 0. The summed E-state index contributed by atoms with van der Waals surface area (Å²) in [7, 11) is -1.50. The van der Waals surface area contributed by atoms with E-state index < -0.39 is 10.0 Å². The lowest BCUT2D eigenvalue weighted by Gasteiger charge is -2.42. The van der Waals surface area contributed by atoms with Gasteiger partial charge in [-0.1, -0.05) is 79.2 Å². The van der Waals surface area contributed by atoms with Crippen LogP contribution in [-0.4, -0.2) is 0 Å². The Morgan fingerprint density at radius 1 is 0.630 bits per heavy atom. The fourth-order valence-corrected chi connectivity index (χ4v) is 7.22. The normalized spacial score (nSPS) is 13.4. The van der Waals surface area contributed by atoms with Crippen molar-refractivity contribution in [3.63, 3.8) is 0 Å². The van der Waals surface area contributed by atoms with Gasteiger partial charge in [0, 0.05) is 14.7 Å². The average Bonchev–Trinajstić information content (AvgIpc) is 2.75. The van der Waals surface area contributed by atoms with Crippen molar-refractivity contribution in [2.24, 2.45) is 0 Å². The van der Waals surface area contributed by atoms with Crippen LogP contribution in [0.4, 0.5) is 0 Å². The maximum Gasteiger partial charge on any atom is 0.00199 e. The largest absolute Gasteiger partial charge is 0.137 e. The van der Waals surface area contributed by atoms with E-state index in [0.29, 0.717) is 0 Å². The van der Waals surface area contributed by atoms with Gasteiger partial charge in [-0.05, 0) is 61.6 Å². The molecule has 0 aliphatic rings. The van der Waals surface area contributed by atoms with Gasteiger partial charge in [0.1, 0.15) is 0 Å². The van der Waals surface area contributed by atoms with Gasteiger partial charge in [0.25, 0.3) is 0 Å². The first-order valence-corrected chi connectivity index (χ1v) is 11.2. The molecule has 0 fully saturated rings. The Bertz CT molecular complexity index is 810. The number of allylic oxidation sites excluding steroid dienone is 4. The summed E-state index contributed by atoms with van der Waals surface area (Å²) in [6.45, 7) is 6.71. The maximum atomic E-state index is 2.33. The Hall–Kier alpha value is -2.51. The van der Waals surface area contributed by atoms with Crippen LogP contribution in [0.2, 0.25) is 0 Å². The highest BCUT2D eigenvalue weighted by Gasteiger charge is 2.32. The van der Waals surface area contributed by atoms with E-state index in [0.717, 1.165) is 6.42 Å². The van der Waals surface area contributed by atoms with Crippen LogP contribution in [0, 0.1) is 0 Å². The zero-order chi connectivity index (χ0) is 19.1. The second-order valence-electron chi connectivity index (χ2n) is 6.70. The fraction of sp³-hybridized carbons (Fsp3) is 0.154. The van der Waals surface area contributed by atoms with Crippen molar-refractivity contribution in [1.29, 1.82) is 0 Å². The molecule has 0 aliphatic heterocycles. The van der Waals surface area contributed by atoms with Crippen molar-refractivity contribution < 1.29 is 0 Å². The van der Waals surface area contributed by atoms with Gasteiger partial charge >= 0.3 is 0 Å². The molecule has 0 aliphatic carbocycles. The zero-order valence-electron chi connectivity index (χ0n) is 16.4. The first-order valence-electron chi connectivity index (χ1n) is 9.52. The quantitative estimate of drug-likeness (QED) is 0.382. The molecule has 0 N–H and O–H groups in total. The number of hydrogen-bond acceptors (Lipinski definition) is 0. The molecule has 0 aromatic heterocycles. The third-order valence-electron chi connectivity index (χ3n) is 4.93. The number of hydrogen-bond donors (Lipinski definition) is 0. The zero-order valence-corrected chi connectivity index (χ0v) is 17.2. The minimum atomic E-state index is -1.50. The van der Waals surface area contributed by atoms with E-state index in [2.05, 4.69) is 124 Å². The molecule has 0 atom stereocenters. The first-order chi connectivity index (χ1) is 13.2. The fourth-order valence-electron chi connectivity index (χ4n) is 3.32. The highest BCUT2D eigenvalue weighted by atomic mass is 32.3. The summed E-state index contributed by atoms with van der Waals surface area (Å²) in [6.07, 6.45) is 5.70. The lowest BCUT2D eigenvalue weighted by molar-refractivity contribution is 1.10. The van der Waals surface area contributed by atoms with Gasteiger partial charge in [0.2, 0.25) is 0 Å². The molecule has 1 heteroatoms. The predicted octanol–water partition coefficient (Wildman–Crippen LogP) is 8.23. The van der Waals surface area contributed by atoms with E-state index in [9.17, 15) is 0 Å². The standard InChI is InChI=1S/C26H28S/c1-4-22(2)20-21-23(3)27(24-14-8-5-9-15-24,25-16-10-6-11-17-25)26-18-12-7-13-19-26/h5-21H,4H2,1-3H3/b22-20-,23-21+. The third-order valence-corrected chi connectivity index (χ3v) is 8.97. The van der Waals surface area contributed by atoms with Gasteiger partial charge in [-0.3, -0.25) is 0 Å². The molecule has 0 saturated carbocycles. The molecule has 3 rings (SSSR count). The Labute approximate surface area is 165 Å². The number of benzene rings is 3. The lowest BCUT2D eigenvalue weighted by atomic mass is 10.2. The van der Waals surface area contributed by atoms with Crippen LogP contribution >= 0.6 is 10.0 Å². The maximum absolute atomic E-state index is 2.33. The summed E-state index contributed by atoms with van der Waals surface area (Å²) in [6, 6.07) is 32.9. The highest BCUT2D eigenvalue weighted by molar-refractivity contribution is 8.36. The lowest BCUT2D eigenvalue weighted by Crippen LogP contribution is -2.05. The Kier molecular flexibility index (Phi) is 6.36. The van der Waals surface area contributed by atoms with Crippen LogP contribution in [0.1, 0.15) is 27.2 Å². The van der Waals surface area contributed by atoms with Crippen molar-refractivity contribution in [1.82, 2.24) is 0 Å². The van der Waals surface area contributed by atoms with Crippen molar-refractivity contribution in [2.45, 2.75) is 41.9 Å².